The Hall–Kier alpha value is -1.65. The molecule has 1 heterocycles. The molecule has 0 spiro atoms. The van der Waals surface area contributed by atoms with E-state index in [0.717, 1.165) is 5.06 Å². The van der Waals surface area contributed by atoms with Gasteiger partial charge < -0.3 is 25.8 Å². The second-order valence-corrected chi connectivity index (χ2v) is 3.64. The van der Waals surface area contributed by atoms with E-state index in [9.17, 15) is 4.79 Å². The molecule has 0 aliphatic rings. The smallest absolute Gasteiger partial charge is 0.438 e. The molecule has 0 saturated carbocycles. The van der Waals surface area contributed by atoms with Crippen molar-refractivity contribution >= 4 is 23.7 Å². The van der Waals surface area contributed by atoms with E-state index >= 15 is 0 Å². The molecule has 1 aromatic rings. The molecule has 123 valence electrons. The van der Waals surface area contributed by atoms with Crippen LogP contribution in [0.2, 0.25) is 0 Å². The van der Waals surface area contributed by atoms with E-state index in [4.69, 9.17) is 9.68 Å². The Kier molecular flexibility index (Phi) is 11.0. The second kappa shape index (κ2) is 11.9. The van der Waals surface area contributed by atoms with E-state index in [2.05, 4.69) is 36.1 Å². The number of hydrogen-bond donors (Lipinski definition) is 0. The molecule has 0 fully saturated rings. The molecule has 0 aliphatic carbocycles. The first-order valence-electron chi connectivity index (χ1n) is 6.00. The van der Waals surface area contributed by atoms with Crippen molar-refractivity contribution in [1.82, 2.24) is 9.97 Å². The number of carbonyl (C=O) groups is 1. The van der Waals surface area contributed by atoms with Gasteiger partial charge in [0.05, 0.1) is 20.4 Å². The standard InChI is InChI=1S/C12H16N5O5.Y/c1-9(5-15-20-3)16-22-7-10-11(6-13-8-14-10)17(21-4)12(18)19-2;/h6,8H,7H2,1-4H3;/q-1;/b16-9+;. The number of oxime groups is 1. The molecule has 1 radical (unpaired) electrons. The van der Waals surface area contributed by atoms with Crippen molar-refractivity contribution in [3.63, 3.8) is 0 Å². The first-order chi connectivity index (χ1) is 10.6. The van der Waals surface area contributed by atoms with E-state index in [0.29, 0.717) is 11.4 Å². The average molecular weight is 399 g/mol. The van der Waals surface area contributed by atoms with Crippen molar-refractivity contribution in [2.24, 2.45) is 10.3 Å². The van der Waals surface area contributed by atoms with Gasteiger partial charge in [0.2, 0.25) is 0 Å². The van der Waals surface area contributed by atoms with E-state index in [-0.39, 0.29) is 45.0 Å². The minimum absolute atomic E-state index is 0. The van der Waals surface area contributed by atoms with Gasteiger partial charge in [-0.15, -0.1) is 10.2 Å². The van der Waals surface area contributed by atoms with Crippen LogP contribution in [0, 0.1) is 0 Å². The maximum absolute atomic E-state index is 11.6. The molecule has 23 heavy (non-hydrogen) atoms. The van der Waals surface area contributed by atoms with Crippen molar-refractivity contribution < 1.29 is 56.8 Å². The van der Waals surface area contributed by atoms with Gasteiger partial charge in [-0.05, 0) is 0 Å². The Balaban J connectivity index is 0.00000484. The van der Waals surface area contributed by atoms with E-state index in [1.165, 1.54) is 33.9 Å². The normalized spacial score (nSPS) is 10.9. The van der Waals surface area contributed by atoms with Crippen LogP contribution in [0.4, 0.5) is 10.5 Å². The van der Waals surface area contributed by atoms with Crippen LogP contribution in [-0.4, -0.2) is 49.3 Å². The third-order valence-corrected chi connectivity index (χ3v) is 2.22. The summed E-state index contributed by atoms with van der Waals surface area (Å²) in [7, 11) is 3.93. The number of methoxy groups -OCH3 is 1. The maximum atomic E-state index is 11.6. The number of anilines is 1. The number of rotatable bonds is 7. The largest absolute Gasteiger partial charge is 0.451 e. The number of aromatic nitrogens is 2. The summed E-state index contributed by atoms with van der Waals surface area (Å²) in [4.78, 5) is 34.0. The minimum atomic E-state index is -0.723. The molecular formula is C12H16N5O5Y-. The molecule has 0 aliphatic heterocycles. The summed E-state index contributed by atoms with van der Waals surface area (Å²) in [5, 5.41) is 8.06. The van der Waals surface area contributed by atoms with Crippen LogP contribution in [0.5, 0.6) is 0 Å². The summed E-state index contributed by atoms with van der Waals surface area (Å²) < 4.78 is 4.60. The molecule has 0 unspecified atom stereocenters. The van der Waals surface area contributed by atoms with Gasteiger partial charge >= 0.3 is 6.09 Å². The minimum Gasteiger partial charge on any atom is -0.451 e. The first kappa shape index (κ1) is 21.4. The van der Waals surface area contributed by atoms with Gasteiger partial charge in [0.1, 0.15) is 24.8 Å². The molecule has 0 saturated heterocycles. The predicted octanol–water partition coefficient (Wildman–Crippen LogP) is 1.01. The summed E-state index contributed by atoms with van der Waals surface area (Å²) in [6.07, 6.45) is 4.45. The number of amides is 1. The summed E-state index contributed by atoms with van der Waals surface area (Å²) in [5.41, 5.74) is 1.02. The van der Waals surface area contributed by atoms with Gasteiger partial charge in [-0.2, -0.15) is 0 Å². The van der Waals surface area contributed by atoms with Crippen LogP contribution >= 0.6 is 0 Å². The quantitative estimate of drug-likeness (QED) is 0.383. The fourth-order valence-corrected chi connectivity index (χ4v) is 1.30. The number of hydroxylamine groups is 1. The Labute approximate surface area is 158 Å². The van der Waals surface area contributed by atoms with Crippen molar-refractivity contribution in [2.45, 2.75) is 13.5 Å². The molecule has 1 rings (SSSR count). The Bertz CT molecular complexity index is 554. The molecule has 0 bridgehead atoms. The fraction of sp³-hybridized carbons (Fsp3) is 0.417. The van der Waals surface area contributed by atoms with Crippen molar-refractivity contribution in [1.29, 1.82) is 0 Å². The van der Waals surface area contributed by atoms with Crippen molar-refractivity contribution in [3.8, 4) is 0 Å². The molecule has 11 heteroatoms. The van der Waals surface area contributed by atoms with E-state index in [1.807, 2.05) is 0 Å². The SMILES string of the molecule is CON=[C-]/C(C)=N/OCc1ncncc1N(OC)C(=O)OC.[Y]. The average Bonchev–Trinajstić information content (AvgIpc) is 2.54. The van der Waals surface area contributed by atoms with Gasteiger partial charge in [-0.1, -0.05) is 12.6 Å². The molecule has 0 N–H and O–H groups in total. The van der Waals surface area contributed by atoms with Gasteiger partial charge in [0.25, 0.3) is 0 Å². The second-order valence-electron chi connectivity index (χ2n) is 3.64. The van der Waals surface area contributed by atoms with Crippen LogP contribution in [0.15, 0.2) is 22.8 Å². The van der Waals surface area contributed by atoms with E-state index < -0.39 is 6.09 Å². The summed E-state index contributed by atoms with van der Waals surface area (Å²) >= 11 is 0. The van der Waals surface area contributed by atoms with Crippen LogP contribution in [-0.2, 0) is 58.6 Å². The topological polar surface area (TPSA) is 108 Å². The van der Waals surface area contributed by atoms with Gasteiger partial charge in [0.15, 0.2) is 6.61 Å². The van der Waals surface area contributed by atoms with Crippen LogP contribution < -0.4 is 5.06 Å². The van der Waals surface area contributed by atoms with Crippen LogP contribution in [0.1, 0.15) is 12.6 Å². The molecule has 0 atom stereocenters. The van der Waals surface area contributed by atoms with E-state index in [1.54, 1.807) is 6.92 Å². The van der Waals surface area contributed by atoms with Crippen LogP contribution in [0.3, 0.4) is 0 Å². The maximum Gasteiger partial charge on any atom is 0.438 e. The van der Waals surface area contributed by atoms with Crippen molar-refractivity contribution in [3.05, 3.63) is 18.2 Å². The molecule has 0 aromatic carbocycles. The Morgan fingerprint density at radius 3 is 2.74 bits per heavy atom. The number of hydrogen-bond acceptors (Lipinski definition) is 9. The zero-order valence-corrected chi connectivity index (χ0v) is 16.1. The Morgan fingerprint density at radius 2 is 2.13 bits per heavy atom. The zero-order chi connectivity index (χ0) is 16.4. The van der Waals surface area contributed by atoms with Crippen molar-refractivity contribution in [2.75, 3.05) is 26.4 Å². The van der Waals surface area contributed by atoms with Crippen LogP contribution in [0.25, 0.3) is 0 Å². The molecular weight excluding hydrogens is 383 g/mol. The summed E-state index contributed by atoms with van der Waals surface area (Å²) in [6, 6.07) is 0. The third kappa shape index (κ3) is 6.97. The van der Waals surface area contributed by atoms with Gasteiger partial charge in [-0.3, -0.25) is 4.84 Å². The number of ether oxygens (including phenoxy) is 1. The summed E-state index contributed by atoms with van der Waals surface area (Å²) in [6.45, 7) is 1.60. The predicted molar refractivity (Wildman–Crippen MR) is 76.3 cm³/mol. The number of carbonyl (C=O) groups excluding carboxylic acids is 1. The zero-order valence-electron chi connectivity index (χ0n) is 13.2. The first-order valence-corrected chi connectivity index (χ1v) is 6.00. The number of nitrogens with zero attached hydrogens (tertiary/aromatic N) is 5. The Morgan fingerprint density at radius 1 is 1.39 bits per heavy atom. The monoisotopic (exact) mass is 399 g/mol. The third-order valence-electron chi connectivity index (χ3n) is 2.22. The molecule has 1 amide bonds. The molecule has 10 nitrogen and oxygen atoms in total. The van der Waals surface area contributed by atoms with Gasteiger partial charge in [-0.25, -0.2) is 14.8 Å². The fourth-order valence-electron chi connectivity index (χ4n) is 1.30. The van der Waals surface area contributed by atoms with Gasteiger partial charge in [0, 0.05) is 32.7 Å². The summed E-state index contributed by atoms with van der Waals surface area (Å²) in [5.74, 6) is 0. The molecule has 1 aromatic heterocycles.